The molecule has 1 aliphatic heterocycles. The molecule has 0 atom stereocenters. The molecule has 0 unspecified atom stereocenters. The topological polar surface area (TPSA) is 80.6 Å². The van der Waals surface area contributed by atoms with Crippen LogP contribution in [0.4, 0.5) is 9.18 Å². The summed E-state index contributed by atoms with van der Waals surface area (Å²) in [5.74, 6) is -0.464. The number of hydrogen-bond acceptors (Lipinski definition) is 5. The first-order chi connectivity index (χ1) is 13.7. The molecule has 8 heteroatoms. The molecular weight excluding hydrogens is 386 g/mol. The summed E-state index contributed by atoms with van der Waals surface area (Å²) < 4.78 is 32.1. The maximum atomic E-state index is 14.6. The smallest absolute Gasteiger partial charge is 0.444 e. The normalized spacial score (nSPS) is 18.1. The number of benzene rings is 1. The largest absolute Gasteiger partial charge is 0.492 e. The van der Waals surface area contributed by atoms with Gasteiger partial charge in [0.05, 0.1) is 23.7 Å². The summed E-state index contributed by atoms with van der Waals surface area (Å²) in [7, 11) is -0.761. The first-order valence-corrected chi connectivity index (χ1v) is 9.92. The summed E-state index contributed by atoms with van der Waals surface area (Å²) in [5, 5.41) is 11.5. The van der Waals surface area contributed by atoms with Crippen LogP contribution in [-0.4, -0.2) is 36.6 Å². The molecule has 0 aliphatic carbocycles. The molecule has 1 amide bonds. The number of rotatable bonds is 5. The van der Waals surface area contributed by atoms with Crippen LogP contribution in [0.25, 0.3) is 6.08 Å². The average Bonchev–Trinajstić information content (AvgIpc) is 2.79. The van der Waals surface area contributed by atoms with E-state index < -0.39 is 35.8 Å². The fourth-order valence-corrected chi connectivity index (χ4v) is 2.77. The van der Waals surface area contributed by atoms with Gasteiger partial charge in [-0.3, -0.25) is 0 Å². The third-order valence-electron chi connectivity index (χ3n) is 5.08. The van der Waals surface area contributed by atoms with E-state index in [0.717, 1.165) is 0 Å². The number of alkyl carbamates (subject to hydrolysis) is 1. The number of carbonyl (C=O) groups is 1. The van der Waals surface area contributed by atoms with E-state index in [1.807, 2.05) is 33.8 Å². The van der Waals surface area contributed by atoms with E-state index in [1.54, 1.807) is 39.0 Å². The van der Waals surface area contributed by atoms with E-state index in [2.05, 4.69) is 5.32 Å². The van der Waals surface area contributed by atoms with Gasteiger partial charge in [0.1, 0.15) is 11.4 Å². The SMILES string of the molecule is CC(C)(C)OC(=O)NCC(=Cc1ccc(CC#N)cc1F)B1OC(C)(C)C(C)(C)O1. The molecule has 6 nitrogen and oxygen atoms in total. The van der Waals surface area contributed by atoms with Crippen molar-refractivity contribution < 1.29 is 23.2 Å². The Morgan fingerprint density at radius 1 is 1.27 bits per heavy atom. The van der Waals surface area contributed by atoms with Crippen molar-refractivity contribution in [2.45, 2.75) is 71.7 Å². The lowest BCUT2D eigenvalue weighted by atomic mass is 9.77. The third kappa shape index (κ3) is 6.07. The molecule has 0 spiro atoms. The zero-order chi connectivity index (χ0) is 22.7. The van der Waals surface area contributed by atoms with Crippen LogP contribution in [0.3, 0.4) is 0 Å². The number of amides is 1. The summed E-state index contributed by atoms with van der Waals surface area (Å²) in [6, 6.07) is 6.63. The Labute approximate surface area is 178 Å². The molecule has 0 aromatic heterocycles. The second kappa shape index (κ2) is 8.79. The van der Waals surface area contributed by atoms with Crippen LogP contribution in [0.15, 0.2) is 23.7 Å². The zero-order valence-corrected chi connectivity index (χ0v) is 18.8. The molecule has 0 bridgehead atoms. The number of carbonyl (C=O) groups excluding carboxylic acids is 1. The molecule has 162 valence electrons. The number of nitrogens with one attached hydrogen (secondary N) is 1. The van der Waals surface area contributed by atoms with Gasteiger partial charge < -0.3 is 19.4 Å². The Morgan fingerprint density at radius 2 is 1.87 bits per heavy atom. The molecule has 1 aromatic rings. The van der Waals surface area contributed by atoms with Crippen molar-refractivity contribution >= 4 is 19.3 Å². The van der Waals surface area contributed by atoms with Crippen LogP contribution in [0, 0.1) is 17.1 Å². The molecule has 1 aliphatic rings. The minimum atomic E-state index is -0.761. The van der Waals surface area contributed by atoms with Crippen LogP contribution >= 0.6 is 0 Å². The number of nitrogens with zero attached hydrogens (tertiary/aromatic N) is 1. The van der Waals surface area contributed by atoms with Gasteiger partial charge in [0, 0.05) is 12.1 Å². The molecule has 1 saturated heterocycles. The number of hydrogen-bond donors (Lipinski definition) is 1. The van der Waals surface area contributed by atoms with Gasteiger partial charge in [-0.2, -0.15) is 5.26 Å². The first-order valence-electron chi connectivity index (χ1n) is 9.92. The fourth-order valence-electron chi connectivity index (χ4n) is 2.77. The van der Waals surface area contributed by atoms with Crippen molar-refractivity contribution in [2.24, 2.45) is 0 Å². The second-order valence-corrected chi connectivity index (χ2v) is 9.35. The molecule has 1 N–H and O–H groups in total. The Morgan fingerprint density at radius 3 is 2.37 bits per heavy atom. The lowest BCUT2D eigenvalue weighted by Gasteiger charge is -2.32. The molecule has 1 heterocycles. The van der Waals surface area contributed by atoms with Gasteiger partial charge in [-0.25, -0.2) is 9.18 Å². The van der Waals surface area contributed by atoms with E-state index in [1.165, 1.54) is 6.07 Å². The van der Waals surface area contributed by atoms with Crippen LogP contribution in [0.2, 0.25) is 0 Å². The van der Waals surface area contributed by atoms with Crippen molar-refractivity contribution in [3.63, 3.8) is 0 Å². The van der Waals surface area contributed by atoms with Gasteiger partial charge in [-0.05, 0) is 65.6 Å². The van der Waals surface area contributed by atoms with E-state index in [-0.39, 0.29) is 13.0 Å². The van der Waals surface area contributed by atoms with E-state index in [9.17, 15) is 9.18 Å². The molecule has 1 fully saturated rings. The predicted octanol–water partition coefficient (Wildman–Crippen LogP) is 4.43. The summed E-state index contributed by atoms with van der Waals surface area (Å²) in [4.78, 5) is 12.1. The highest BCUT2D eigenvalue weighted by Gasteiger charge is 2.52. The van der Waals surface area contributed by atoms with Gasteiger partial charge in [0.2, 0.25) is 0 Å². The maximum Gasteiger partial charge on any atom is 0.492 e. The standard InChI is InChI=1S/C22H30BFN2O4/c1-20(2,3)28-19(27)26-14-17(23-29-21(4,5)22(6,7)30-23)13-16-9-8-15(10-11-25)12-18(16)24/h8-9,12-13H,10,14H2,1-7H3,(H,26,27). The molecule has 1 aromatic carbocycles. The Hall–Kier alpha value is -2.37. The summed E-state index contributed by atoms with van der Waals surface area (Å²) in [6.07, 6.45) is 1.14. The minimum absolute atomic E-state index is 0.0606. The van der Waals surface area contributed by atoms with E-state index in [4.69, 9.17) is 19.3 Å². The number of nitriles is 1. The van der Waals surface area contributed by atoms with Gasteiger partial charge in [0.25, 0.3) is 0 Å². The highest BCUT2D eigenvalue weighted by Crippen LogP contribution is 2.38. The van der Waals surface area contributed by atoms with Crippen molar-refractivity contribution in [2.75, 3.05) is 6.54 Å². The molecule has 2 rings (SSSR count). The Bertz CT molecular complexity index is 853. The fraction of sp³-hybridized carbons (Fsp3) is 0.545. The summed E-state index contributed by atoms with van der Waals surface area (Å²) >= 11 is 0. The van der Waals surface area contributed by atoms with Crippen LogP contribution < -0.4 is 5.32 Å². The summed E-state index contributed by atoms with van der Waals surface area (Å²) in [5.41, 5.74) is -0.355. The van der Waals surface area contributed by atoms with Crippen LogP contribution in [-0.2, 0) is 20.5 Å². The highest BCUT2D eigenvalue weighted by molar-refractivity contribution is 6.56. The van der Waals surface area contributed by atoms with Gasteiger partial charge >= 0.3 is 13.2 Å². The number of halogens is 1. The third-order valence-corrected chi connectivity index (χ3v) is 5.08. The monoisotopic (exact) mass is 416 g/mol. The zero-order valence-electron chi connectivity index (χ0n) is 18.8. The summed E-state index contributed by atoms with van der Waals surface area (Å²) in [6.45, 7) is 13.1. The van der Waals surface area contributed by atoms with Crippen molar-refractivity contribution in [1.82, 2.24) is 5.32 Å². The Kier molecular flexibility index (Phi) is 7.00. The molecule has 0 saturated carbocycles. The quantitative estimate of drug-likeness (QED) is 0.719. The highest BCUT2D eigenvalue weighted by atomic mass is 19.1. The maximum absolute atomic E-state index is 14.6. The van der Waals surface area contributed by atoms with Crippen molar-refractivity contribution in [1.29, 1.82) is 5.26 Å². The first kappa shape index (κ1) is 23.9. The van der Waals surface area contributed by atoms with Crippen LogP contribution in [0.1, 0.15) is 59.6 Å². The Balaban J connectivity index is 2.31. The molecule has 0 radical (unpaired) electrons. The lowest BCUT2D eigenvalue weighted by molar-refractivity contribution is 0.00578. The van der Waals surface area contributed by atoms with Gasteiger partial charge in [-0.15, -0.1) is 0 Å². The van der Waals surface area contributed by atoms with Gasteiger partial charge in [0.15, 0.2) is 0 Å². The van der Waals surface area contributed by atoms with E-state index >= 15 is 0 Å². The molecule has 30 heavy (non-hydrogen) atoms. The van der Waals surface area contributed by atoms with Crippen LogP contribution in [0.5, 0.6) is 0 Å². The van der Waals surface area contributed by atoms with Crippen molar-refractivity contribution in [3.8, 4) is 6.07 Å². The minimum Gasteiger partial charge on any atom is -0.444 e. The van der Waals surface area contributed by atoms with E-state index in [0.29, 0.717) is 16.6 Å². The van der Waals surface area contributed by atoms with Crippen molar-refractivity contribution in [3.05, 3.63) is 40.6 Å². The average molecular weight is 416 g/mol. The number of ether oxygens (including phenoxy) is 1. The lowest BCUT2D eigenvalue weighted by Crippen LogP contribution is -2.41. The van der Waals surface area contributed by atoms with Gasteiger partial charge in [-0.1, -0.05) is 18.2 Å². The predicted molar refractivity (Wildman–Crippen MR) is 114 cm³/mol. The second-order valence-electron chi connectivity index (χ2n) is 9.35. The molecular formula is C22H30BFN2O4.